The maximum atomic E-state index is 12.2. The van der Waals surface area contributed by atoms with Crippen LogP contribution in [0.4, 0.5) is 5.69 Å². The smallest absolute Gasteiger partial charge is 0.259 e. The molecule has 2 unspecified atom stereocenters. The molecule has 2 rings (SSSR count). The SMILES string of the molecule is CC(CC(=O)Nc1ccc(OCC(=O)N(C)C)cc1)C1CCCNC1.Cl. The van der Waals surface area contributed by atoms with Crippen LogP contribution < -0.4 is 15.4 Å². The molecule has 1 heterocycles. The van der Waals surface area contributed by atoms with Crippen molar-refractivity contribution >= 4 is 29.9 Å². The van der Waals surface area contributed by atoms with Gasteiger partial charge in [-0.3, -0.25) is 9.59 Å². The van der Waals surface area contributed by atoms with Crippen molar-refractivity contribution in [1.29, 1.82) is 0 Å². The predicted octanol–water partition coefficient (Wildman–Crippen LogP) is 2.54. The van der Waals surface area contributed by atoms with Crippen LogP contribution in [-0.2, 0) is 9.59 Å². The number of likely N-dealkylation sites (N-methyl/N-ethyl adjacent to an activating group) is 1. The Morgan fingerprint density at radius 3 is 2.58 bits per heavy atom. The molecule has 0 radical (unpaired) electrons. The zero-order valence-corrected chi connectivity index (χ0v) is 16.6. The zero-order valence-electron chi connectivity index (χ0n) is 15.8. The summed E-state index contributed by atoms with van der Waals surface area (Å²) in [6.45, 7) is 4.25. The molecule has 1 fully saturated rings. The van der Waals surface area contributed by atoms with Gasteiger partial charge in [-0.15, -0.1) is 12.4 Å². The number of carbonyl (C=O) groups is 2. The van der Waals surface area contributed by atoms with Gasteiger partial charge in [-0.2, -0.15) is 0 Å². The Morgan fingerprint density at radius 1 is 1.31 bits per heavy atom. The molecule has 0 saturated carbocycles. The van der Waals surface area contributed by atoms with E-state index in [1.165, 1.54) is 17.7 Å². The second kappa shape index (κ2) is 11.0. The van der Waals surface area contributed by atoms with Crippen LogP contribution in [-0.4, -0.2) is 50.5 Å². The molecule has 1 aliphatic heterocycles. The maximum Gasteiger partial charge on any atom is 0.259 e. The van der Waals surface area contributed by atoms with Crippen LogP contribution in [0.5, 0.6) is 5.75 Å². The van der Waals surface area contributed by atoms with Gasteiger partial charge >= 0.3 is 0 Å². The molecule has 6 nitrogen and oxygen atoms in total. The van der Waals surface area contributed by atoms with E-state index < -0.39 is 0 Å². The number of rotatable bonds is 7. The fraction of sp³-hybridized carbons (Fsp3) is 0.579. The van der Waals surface area contributed by atoms with Gasteiger partial charge in [-0.05, 0) is 62.0 Å². The fourth-order valence-electron chi connectivity index (χ4n) is 2.94. The van der Waals surface area contributed by atoms with E-state index in [1.54, 1.807) is 38.4 Å². The average Bonchev–Trinajstić information content (AvgIpc) is 2.61. The van der Waals surface area contributed by atoms with Gasteiger partial charge in [0.05, 0.1) is 0 Å². The van der Waals surface area contributed by atoms with Gasteiger partial charge in [-0.1, -0.05) is 6.92 Å². The van der Waals surface area contributed by atoms with E-state index in [0.29, 0.717) is 24.0 Å². The van der Waals surface area contributed by atoms with Crippen molar-refractivity contribution in [1.82, 2.24) is 10.2 Å². The Bertz CT molecular complexity index is 572. The second-order valence-corrected chi connectivity index (χ2v) is 6.94. The summed E-state index contributed by atoms with van der Waals surface area (Å²) in [5.41, 5.74) is 0.741. The van der Waals surface area contributed by atoms with Crippen LogP contribution in [0.1, 0.15) is 26.2 Å². The first-order chi connectivity index (χ1) is 12.0. The Morgan fingerprint density at radius 2 is 2.00 bits per heavy atom. The molecular formula is C19H30ClN3O3. The molecule has 2 atom stereocenters. The minimum atomic E-state index is -0.0939. The van der Waals surface area contributed by atoms with Crippen LogP contribution in [0, 0.1) is 11.8 Å². The molecule has 0 aromatic heterocycles. The number of hydrogen-bond donors (Lipinski definition) is 2. The van der Waals surface area contributed by atoms with E-state index in [0.717, 1.165) is 18.8 Å². The minimum Gasteiger partial charge on any atom is -0.484 e. The van der Waals surface area contributed by atoms with Crippen molar-refractivity contribution in [3.8, 4) is 5.75 Å². The van der Waals surface area contributed by atoms with Crippen molar-refractivity contribution in [2.24, 2.45) is 11.8 Å². The van der Waals surface area contributed by atoms with Crippen LogP contribution in [0.3, 0.4) is 0 Å². The number of nitrogens with zero attached hydrogens (tertiary/aromatic N) is 1. The topological polar surface area (TPSA) is 70.7 Å². The van der Waals surface area contributed by atoms with Crippen molar-refractivity contribution in [3.63, 3.8) is 0 Å². The van der Waals surface area contributed by atoms with Crippen LogP contribution in [0.15, 0.2) is 24.3 Å². The number of piperidine rings is 1. The normalized spacial score (nSPS) is 17.6. The highest BCUT2D eigenvalue weighted by Gasteiger charge is 2.22. The third-order valence-corrected chi connectivity index (χ3v) is 4.65. The number of nitrogens with one attached hydrogen (secondary N) is 2. The van der Waals surface area contributed by atoms with Crippen molar-refractivity contribution in [3.05, 3.63) is 24.3 Å². The Balaban J connectivity index is 0.00000338. The standard InChI is InChI=1S/C19H29N3O3.ClH/c1-14(15-5-4-10-20-12-15)11-18(23)21-16-6-8-17(9-7-16)25-13-19(24)22(2)3;/h6-9,14-15,20H,4-5,10-13H2,1-3H3,(H,21,23);1H. The zero-order chi connectivity index (χ0) is 18.2. The number of amides is 2. The fourth-order valence-corrected chi connectivity index (χ4v) is 2.94. The van der Waals surface area contributed by atoms with Gasteiger partial charge in [0.2, 0.25) is 5.91 Å². The highest BCUT2D eigenvalue weighted by atomic mass is 35.5. The molecule has 1 saturated heterocycles. The van der Waals surface area contributed by atoms with Crippen molar-refractivity contribution < 1.29 is 14.3 Å². The molecule has 0 spiro atoms. The lowest BCUT2D eigenvalue weighted by atomic mass is 9.85. The van der Waals surface area contributed by atoms with E-state index >= 15 is 0 Å². The lowest BCUT2D eigenvalue weighted by Gasteiger charge is -2.28. The molecule has 2 amide bonds. The minimum absolute atomic E-state index is 0. The third kappa shape index (κ3) is 7.22. The molecule has 1 aliphatic rings. The maximum absolute atomic E-state index is 12.2. The van der Waals surface area contributed by atoms with E-state index in [4.69, 9.17) is 4.74 Å². The van der Waals surface area contributed by atoms with E-state index in [2.05, 4.69) is 17.6 Å². The highest BCUT2D eigenvalue weighted by molar-refractivity contribution is 5.90. The summed E-state index contributed by atoms with van der Waals surface area (Å²) in [4.78, 5) is 25.2. The van der Waals surface area contributed by atoms with Gasteiger partial charge in [0.15, 0.2) is 6.61 Å². The summed E-state index contributed by atoms with van der Waals surface area (Å²) in [5.74, 6) is 1.49. The molecular weight excluding hydrogens is 354 g/mol. The van der Waals surface area contributed by atoms with Gasteiger partial charge in [0, 0.05) is 26.2 Å². The van der Waals surface area contributed by atoms with E-state index in [9.17, 15) is 9.59 Å². The summed E-state index contributed by atoms with van der Waals surface area (Å²) in [7, 11) is 3.38. The quantitative estimate of drug-likeness (QED) is 0.759. The molecule has 1 aromatic rings. The molecule has 0 aliphatic carbocycles. The first-order valence-corrected chi connectivity index (χ1v) is 8.89. The van der Waals surface area contributed by atoms with Gasteiger partial charge < -0.3 is 20.3 Å². The molecule has 2 N–H and O–H groups in total. The molecule has 7 heteroatoms. The summed E-state index contributed by atoms with van der Waals surface area (Å²) < 4.78 is 5.42. The molecule has 26 heavy (non-hydrogen) atoms. The first kappa shape index (κ1) is 22.3. The second-order valence-electron chi connectivity index (χ2n) is 6.94. The van der Waals surface area contributed by atoms with Crippen molar-refractivity contribution in [2.45, 2.75) is 26.2 Å². The summed E-state index contributed by atoms with van der Waals surface area (Å²) in [6.07, 6.45) is 2.91. The number of anilines is 1. The molecule has 146 valence electrons. The largest absolute Gasteiger partial charge is 0.484 e. The van der Waals surface area contributed by atoms with Gasteiger partial charge in [0.25, 0.3) is 5.91 Å². The van der Waals surface area contributed by atoms with E-state index in [1.807, 2.05) is 0 Å². The Hall–Kier alpha value is -1.79. The number of hydrogen-bond acceptors (Lipinski definition) is 4. The molecule has 1 aromatic carbocycles. The summed E-state index contributed by atoms with van der Waals surface area (Å²) in [5, 5.41) is 6.33. The number of halogens is 1. The Labute approximate surface area is 162 Å². The van der Waals surface area contributed by atoms with Crippen molar-refractivity contribution in [2.75, 3.05) is 39.1 Å². The van der Waals surface area contributed by atoms with E-state index in [-0.39, 0.29) is 30.8 Å². The van der Waals surface area contributed by atoms with Gasteiger partial charge in [-0.25, -0.2) is 0 Å². The monoisotopic (exact) mass is 383 g/mol. The number of ether oxygens (including phenoxy) is 1. The lowest BCUT2D eigenvalue weighted by Crippen LogP contribution is -2.34. The van der Waals surface area contributed by atoms with Crippen LogP contribution >= 0.6 is 12.4 Å². The highest BCUT2D eigenvalue weighted by Crippen LogP contribution is 2.23. The summed E-state index contributed by atoms with van der Waals surface area (Å²) in [6, 6.07) is 7.10. The molecule has 0 bridgehead atoms. The van der Waals surface area contributed by atoms with Crippen LogP contribution in [0.25, 0.3) is 0 Å². The predicted molar refractivity (Wildman–Crippen MR) is 106 cm³/mol. The first-order valence-electron chi connectivity index (χ1n) is 8.89. The van der Waals surface area contributed by atoms with Crippen LogP contribution in [0.2, 0.25) is 0 Å². The number of carbonyl (C=O) groups excluding carboxylic acids is 2. The third-order valence-electron chi connectivity index (χ3n) is 4.65. The average molecular weight is 384 g/mol. The lowest BCUT2D eigenvalue weighted by molar-refractivity contribution is -0.130. The summed E-state index contributed by atoms with van der Waals surface area (Å²) >= 11 is 0. The van der Waals surface area contributed by atoms with Gasteiger partial charge in [0.1, 0.15) is 5.75 Å². The Kier molecular flexibility index (Phi) is 9.44. The number of benzene rings is 1.